The molecular weight excluding hydrogens is 362 g/mol. The van der Waals surface area contributed by atoms with Crippen LogP contribution in [-0.4, -0.2) is 21.9 Å². The normalized spacial score (nSPS) is 25.5. The monoisotopic (exact) mass is 375 g/mol. The first-order valence-corrected chi connectivity index (χ1v) is 8.32. The summed E-state index contributed by atoms with van der Waals surface area (Å²) in [5, 5.41) is 22.6. The van der Waals surface area contributed by atoms with Crippen LogP contribution in [0.15, 0.2) is 36.4 Å². The summed E-state index contributed by atoms with van der Waals surface area (Å²) in [6.07, 6.45) is -0.0922. The maximum absolute atomic E-state index is 13.0. The first-order chi connectivity index (χ1) is 12.2. The van der Waals surface area contributed by atoms with Gasteiger partial charge in [-0.1, -0.05) is 23.7 Å². The SMILES string of the molecule is CC(C)Oc1ccc2c(c1)OC1(O)c3c(cccc3[N+](=O)[O-])C(=O)C21Cl. The number of hydrogen-bond donors (Lipinski definition) is 1. The minimum atomic E-state index is -2.37. The summed E-state index contributed by atoms with van der Waals surface area (Å²) in [5.41, 5.74) is -0.432. The van der Waals surface area contributed by atoms with Crippen molar-refractivity contribution in [1.82, 2.24) is 0 Å². The molecule has 0 saturated carbocycles. The molecule has 0 spiro atoms. The Bertz CT molecular complexity index is 974. The molecule has 0 bridgehead atoms. The molecule has 1 aliphatic heterocycles. The highest BCUT2D eigenvalue weighted by Gasteiger charge is 2.72. The first-order valence-electron chi connectivity index (χ1n) is 7.94. The van der Waals surface area contributed by atoms with E-state index in [1.165, 1.54) is 30.3 Å². The van der Waals surface area contributed by atoms with E-state index >= 15 is 0 Å². The van der Waals surface area contributed by atoms with E-state index in [2.05, 4.69) is 0 Å². The summed E-state index contributed by atoms with van der Waals surface area (Å²) in [6, 6.07) is 8.63. The Morgan fingerprint density at radius 2 is 2.04 bits per heavy atom. The fourth-order valence-electron chi connectivity index (χ4n) is 3.55. The number of halogens is 1. The van der Waals surface area contributed by atoms with Crippen LogP contribution in [0.5, 0.6) is 11.5 Å². The van der Waals surface area contributed by atoms with Crippen molar-refractivity contribution in [1.29, 1.82) is 0 Å². The predicted octanol–water partition coefficient (Wildman–Crippen LogP) is 3.25. The third kappa shape index (κ3) is 1.89. The average molecular weight is 376 g/mol. The van der Waals surface area contributed by atoms with Gasteiger partial charge in [-0.15, -0.1) is 0 Å². The van der Waals surface area contributed by atoms with E-state index in [0.717, 1.165) is 0 Å². The lowest BCUT2D eigenvalue weighted by atomic mass is 9.91. The lowest BCUT2D eigenvalue weighted by Gasteiger charge is -2.27. The van der Waals surface area contributed by atoms with Gasteiger partial charge >= 0.3 is 0 Å². The molecule has 0 amide bonds. The molecule has 0 aromatic heterocycles. The molecule has 1 aliphatic carbocycles. The Hall–Kier alpha value is -2.64. The topological polar surface area (TPSA) is 98.9 Å². The first kappa shape index (κ1) is 16.8. The molecule has 0 fully saturated rings. The molecule has 134 valence electrons. The molecule has 1 N–H and O–H groups in total. The third-order valence-electron chi connectivity index (χ3n) is 4.56. The number of aliphatic hydroxyl groups is 1. The van der Waals surface area contributed by atoms with Crippen molar-refractivity contribution in [3.63, 3.8) is 0 Å². The van der Waals surface area contributed by atoms with E-state index in [-0.39, 0.29) is 28.5 Å². The number of carbonyl (C=O) groups excluding carboxylic acids is 1. The number of ketones is 1. The summed E-state index contributed by atoms with van der Waals surface area (Å²) >= 11 is 6.60. The zero-order valence-corrected chi connectivity index (χ0v) is 14.6. The molecule has 2 aliphatic rings. The zero-order chi connectivity index (χ0) is 18.9. The van der Waals surface area contributed by atoms with Gasteiger partial charge in [0.15, 0.2) is 5.78 Å². The molecule has 8 heteroatoms. The van der Waals surface area contributed by atoms with Crippen LogP contribution in [-0.2, 0) is 10.7 Å². The molecule has 0 saturated heterocycles. The number of nitrogens with zero attached hydrogens (tertiary/aromatic N) is 1. The van der Waals surface area contributed by atoms with Crippen molar-refractivity contribution in [3.05, 3.63) is 63.2 Å². The number of fused-ring (bicyclic) bond motifs is 5. The van der Waals surface area contributed by atoms with Gasteiger partial charge in [0.1, 0.15) is 17.1 Å². The summed E-state index contributed by atoms with van der Waals surface area (Å²) in [6.45, 7) is 3.70. The van der Waals surface area contributed by atoms with Crippen molar-refractivity contribution >= 4 is 23.1 Å². The number of nitro groups is 1. The summed E-state index contributed by atoms with van der Waals surface area (Å²) in [7, 11) is 0. The average Bonchev–Trinajstić information content (AvgIpc) is 2.90. The van der Waals surface area contributed by atoms with Crippen molar-refractivity contribution in [3.8, 4) is 11.5 Å². The second-order valence-corrected chi connectivity index (χ2v) is 7.08. The smallest absolute Gasteiger partial charge is 0.280 e. The van der Waals surface area contributed by atoms with Crippen LogP contribution in [0.4, 0.5) is 5.69 Å². The summed E-state index contributed by atoms with van der Waals surface area (Å²) in [4.78, 5) is 21.7. The highest BCUT2D eigenvalue weighted by Crippen LogP contribution is 2.63. The fourth-order valence-corrected chi connectivity index (χ4v) is 3.94. The predicted molar refractivity (Wildman–Crippen MR) is 91.7 cm³/mol. The highest BCUT2D eigenvalue weighted by atomic mass is 35.5. The maximum atomic E-state index is 13.0. The number of carbonyl (C=O) groups is 1. The zero-order valence-electron chi connectivity index (χ0n) is 13.9. The van der Waals surface area contributed by atoms with E-state index in [9.17, 15) is 20.0 Å². The number of Topliss-reactive ketones (excluding diaryl/α,β-unsaturated/α-hetero) is 1. The molecular formula is C18H14ClNO6. The molecule has 2 atom stereocenters. The number of hydrogen-bond acceptors (Lipinski definition) is 6. The molecule has 2 aromatic rings. The Kier molecular flexibility index (Phi) is 3.35. The lowest BCUT2D eigenvalue weighted by Crippen LogP contribution is -2.44. The van der Waals surface area contributed by atoms with Gasteiger partial charge in [0.25, 0.3) is 11.5 Å². The van der Waals surface area contributed by atoms with Crippen molar-refractivity contribution in [2.75, 3.05) is 0 Å². The number of nitro benzene ring substituents is 1. The van der Waals surface area contributed by atoms with Gasteiger partial charge in [0, 0.05) is 23.3 Å². The van der Waals surface area contributed by atoms with Gasteiger partial charge < -0.3 is 14.6 Å². The van der Waals surface area contributed by atoms with E-state index in [4.69, 9.17) is 21.1 Å². The minimum absolute atomic E-state index is 0.0233. The van der Waals surface area contributed by atoms with E-state index in [1.807, 2.05) is 13.8 Å². The molecule has 26 heavy (non-hydrogen) atoms. The van der Waals surface area contributed by atoms with Gasteiger partial charge in [-0.05, 0) is 26.0 Å². The quantitative estimate of drug-likeness (QED) is 0.502. The Labute approximate surface area is 153 Å². The van der Waals surface area contributed by atoms with Gasteiger partial charge in [-0.25, -0.2) is 0 Å². The largest absolute Gasteiger partial charge is 0.491 e. The van der Waals surface area contributed by atoms with Crippen molar-refractivity contribution < 1.29 is 24.3 Å². The van der Waals surface area contributed by atoms with Gasteiger partial charge in [0.2, 0.25) is 4.87 Å². The Morgan fingerprint density at radius 3 is 2.69 bits per heavy atom. The second-order valence-electron chi connectivity index (χ2n) is 6.52. The fraction of sp³-hybridized carbons (Fsp3) is 0.278. The van der Waals surface area contributed by atoms with Gasteiger partial charge in [-0.2, -0.15) is 0 Å². The third-order valence-corrected chi connectivity index (χ3v) is 5.19. The molecule has 2 unspecified atom stereocenters. The van der Waals surface area contributed by atoms with Gasteiger partial charge in [-0.3, -0.25) is 14.9 Å². The number of benzene rings is 2. The van der Waals surface area contributed by atoms with Gasteiger partial charge in [0.05, 0.1) is 11.0 Å². The van der Waals surface area contributed by atoms with Crippen molar-refractivity contribution in [2.24, 2.45) is 0 Å². The minimum Gasteiger partial charge on any atom is -0.491 e. The van der Waals surface area contributed by atoms with Crippen LogP contribution in [0.1, 0.15) is 35.3 Å². The molecule has 4 rings (SSSR count). The summed E-state index contributed by atoms with van der Waals surface area (Å²) < 4.78 is 11.2. The molecule has 1 heterocycles. The van der Waals surface area contributed by atoms with Crippen LogP contribution in [0, 0.1) is 10.1 Å². The van der Waals surface area contributed by atoms with Crippen molar-refractivity contribution in [2.45, 2.75) is 30.6 Å². The number of rotatable bonds is 3. The van der Waals surface area contributed by atoms with Crippen LogP contribution in [0.25, 0.3) is 0 Å². The molecule has 0 radical (unpaired) electrons. The summed E-state index contributed by atoms with van der Waals surface area (Å²) in [5.74, 6) is -2.39. The molecule has 7 nitrogen and oxygen atoms in total. The van der Waals surface area contributed by atoms with E-state index in [0.29, 0.717) is 5.75 Å². The van der Waals surface area contributed by atoms with Crippen LogP contribution >= 0.6 is 11.6 Å². The van der Waals surface area contributed by atoms with E-state index in [1.54, 1.807) is 6.07 Å². The highest BCUT2D eigenvalue weighted by molar-refractivity contribution is 6.41. The van der Waals surface area contributed by atoms with E-state index < -0.39 is 27.1 Å². The van der Waals surface area contributed by atoms with Crippen LogP contribution in [0.3, 0.4) is 0 Å². The standard InChI is InChI=1S/C18H14ClNO6/c1-9(2)25-10-6-7-12-14(8-10)26-18(22)15-11(16(21)17(12,18)19)4-3-5-13(15)20(23)24/h3-9,22H,1-2H3. The number of alkyl halides is 1. The lowest BCUT2D eigenvalue weighted by molar-refractivity contribution is -0.387. The van der Waals surface area contributed by atoms with Crippen LogP contribution in [0.2, 0.25) is 0 Å². The number of ether oxygens (including phenoxy) is 2. The Morgan fingerprint density at radius 1 is 1.31 bits per heavy atom. The van der Waals surface area contributed by atoms with Crippen LogP contribution < -0.4 is 9.47 Å². The molecule has 2 aromatic carbocycles. The maximum Gasteiger partial charge on any atom is 0.280 e. The second kappa shape index (κ2) is 5.18. The Balaban J connectivity index is 1.93.